The molecule has 2 aliphatic rings. The first-order chi connectivity index (χ1) is 11.1. The van der Waals surface area contributed by atoms with Gasteiger partial charge in [0.25, 0.3) is 0 Å². The Morgan fingerprint density at radius 1 is 1.22 bits per heavy atom. The normalized spacial score (nSPS) is 25.3. The summed E-state index contributed by atoms with van der Waals surface area (Å²) in [6.07, 6.45) is 5.45. The minimum atomic E-state index is 0.578. The van der Waals surface area contributed by atoms with Gasteiger partial charge in [0.05, 0.1) is 14.2 Å². The molecule has 4 nitrogen and oxygen atoms in total. The second kappa shape index (κ2) is 6.95. The smallest absolute Gasteiger partial charge is 0.169 e. The van der Waals surface area contributed by atoms with Crippen molar-refractivity contribution in [2.45, 2.75) is 38.3 Å². The molecule has 3 atom stereocenters. The number of ether oxygens (including phenoxy) is 2. The zero-order chi connectivity index (χ0) is 16.4. The highest BCUT2D eigenvalue weighted by Gasteiger charge is 2.39. The van der Waals surface area contributed by atoms with Crippen LogP contribution in [0.2, 0.25) is 0 Å². The van der Waals surface area contributed by atoms with Gasteiger partial charge in [-0.15, -0.1) is 0 Å². The molecule has 0 aromatic heterocycles. The van der Waals surface area contributed by atoms with Gasteiger partial charge in [0.1, 0.15) is 0 Å². The van der Waals surface area contributed by atoms with Gasteiger partial charge < -0.3 is 19.7 Å². The number of benzene rings is 1. The molecule has 2 fully saturated rings. The second-order valence-electron chi connectivity index (χ2n) is 6.78. The first-order valence-electron chi connectivity index (χ1n) is 8.33. The van der Waals surface area contributed by atoms with E-state index in [4.69, 9.17) is 21.7 Å². The lowest BCUT2D eigenvalue weighted by Crippen LogP contribution is -2.44. The van der Waals surface area contributed by atoms with Gasteiger partial charge in [-0.25, -0.2) is 0 Å². The molecule has 1 aromatic carbocycles. The van der Waals surface area contributed by atoms with Crippen molar-refractivity contribution in [3.05, 3.63) is 23.8 Å². The van der Waals surface area contributed by atoms with Crippen LogP contribution in [-0.2, 0) is 6.54 Å². The fraction of sp³-hybridized carbons (Fsp3) is 0.611. The Morgan fingerprint density at radius 3 is 2.61 bits per heavy atom. The van der Waals surface area contributed by atoms with E-state index in [0.717, 1.165) is 40.6 Å². The maximum Gasteiger partial charge on any atom is 0.169 e. The Kier molecular flexibility index (Phi) is 4.95. The molecular weight excluding hydrogens is 308 g/mol. The summed E-state index contributed by atoms with van der Waals surface area (Å²) < 4.78 is 10.7. The molecule has 2 saturated carbocycles. The van der Waals surface area contributed by atoms with Gasteiger partial charge >= 0.3 is 0 Å². The topological polar surface area (TPSA) is 33.7 Å². The fourth-order valence-corrected chi connectivity index (χ4v) is 4.23. The molecular formula is C18H26N2O2S. The van der Waals surface area contributed by atoms with Crippen LogP contribution in [0.5, 0.6) is 11.5 Å². The van der Waals surface area contributed by atoms with E-state index in [1.54, 1.807) is 14.2 Å². The Labute approximate surface area is 144 Å². The van der Waals surface area contributed by atoms with Crippen LogP contribution in [0.15, 0.2) is 18.2 Å². The molecule has 0 amide bonds. The van der Waals surface area contributed by atoms with Gasteiger partial charge in [-0.2, -0.15) is 0 Å². The van der Waals surface area contributed by atoms with Crippen molar-refractivity contribution in [2.75, 3.05) is 21.3 Å². The van der Waals surface area contributed by atoms with Crippen molar-refractivity contribution in [3.8, 4) is 11.5 Å². The van der Waals surface area contributed by atoms with Crippen molar-refractivity contribution < 1.29 is 9.47 Å². The molecule has 0 aliphatic heterocycles. The number of nitrogens with zero attached hydrogens (tertiary/aromatic N) is 1. The van der Waals surface area contributed by atoms with Crippen molar-refractivity contribution in [1.29, 1.82) is 0 Å². The number of hydrogen-bond acceptors (Lipinski definition) is 3. The third kappa shape index (κ3) is 3.55. The number of rotatable bonds is 5. The maximum atomic E-state index is 5.60. The zero-order valence-electron chi connectivity index (χ0n) is 14.2. The van der Waals surface area contributed by atoms with E-state index >= 15 is 0 Å². The van der Waals surface area contributed by atoms with E-state index in [9.17, 15) is 0 Å². The van der Waals surface area contributed by atoms with Crippen LogP contribution in [0, 0.1) is 11.8 Å². The molecule has 3 rings (SSSR count). The molecule has 2 bridgehead atoms. The van der Waals surface area contributed by atoms with E-state index in [2.05, 4.69) is 16.3 Å². The standard InChI is InChI=1S/C18H26N2O2S/c1-20(11-13-5-7-16(21-2)17(10-13)22-3)18(23)19-15-9-12-4-6-14(15)8-12/h5,7,10,12,14-15H,4,6,8-9,11H2,1-3H3,(H,19,23). The van der Waals surface area contributed by atoms with Crippen molar-refractivity contribution >= 4 is 17.3 Å². The molecule has 126 valence electrons. The third-order valence-electron chi connectivity index (χ3n) is 5.26. The lowest BCUT2D eigenvalue weighted by Gasteiger charge is -2.28. The molecule has 1 aromatic rings. The summed E-state index contributed by atoms with van der Waals surface area (Å²) in [6, 6.07) is 6.58. The van der Waals surface area contributed by atoms with Gasteiger partial charge in [0.2, 0.25) is 0 Å². The molecule has 0 saturated heterocycles. The average Bonchev–Trinajstić information content (AvgIpc) is 3.17. The van der Waals surface area contributed by atoms with Crippen LogP contribution in [0.1, 0.15) is 31.2 Å². The van der Waals surface area contributed by atoms with E-state index in [-0.39, 0.29) is 0 Å². The molecule has 5 heteroatoms. The summed E-state index contributed by atoms with van der Waals surface area (Å²) in [5.74, 6) is 3.26. The van der Waals surface area contributed by atoms with Crippen LogP contribution in [0.25, 0.3) is 0 Å². The first-order valence-corrected chi connectivity index (χ1v) is 8.74. The lowest BCUT2D eigenvalue weighted by atomic mass is 9.95. The van der Waals surface area contributed by atoms with E-state index in [0.29, 0.717) is 6.04 Å². The van der Waals surface area contributed by atoms with Crippen molar-refractivity contribution in [2.24, 2.45) is 11.8 Å². The number of nitrogens with one attached hydrogen (secondary N) is 1. The number of thiocarbonyl (C=S) groups is 1. The highest BCUT2D eigenvalue weighted by Crippen LogP contribution is 2.44. The summed E-state index contributed by atoms with van der Waals surface area (Å²) in [7, 11) is 5.35. The van der Waals surface area contributed by atoms with Gasteiger partial charge in [0, 0.05) is 19.6 Å². The van der Waals surface area contributed by atoms with E-state index < -0.39 is 0 Å². The minimum absolute atomic E-state index is 0.578. The first kappa shape index (κ1) is 16.4. The monoisotopic (exact) mass is 334 g/mol. The molecule has 0 radical (unpaired) electrons. The summed E-state index contributed by atoms with van der Waals surface area (Å²) in [5, 5.41) is 4.43. The van der Waals surface area contributed by atoms with Gasteiger partial charge in [-0.3, -0.25) is 0 Å². The van der Waals surface area contributed by atoms with Gasteiger partial charge in [-0.1, -0.05) is 12.5 Å². The summed E-state index contributed by atoms with van der Waals surface area (Å²) >= 11 is 5.60. The average molecular weight is 334 g/mol. The predicted octanol–water partition coefficient (Wildman–Crippen LogP) is 3.20. The lowest BCUT2D eigenvalue weighted by molar-refractivity contribution is 0.353. The SMILES string of the molecule is COc1ccc(CN(C)C(=S)NC2CC3CCC2C3)cc1OC. The number of hydrogen-bond donors (Lipinski definition) is 1. The largest absolute Gasteiger partial charge is 0.493 e. The highest BCUT2D eigenvalue weighted by molar-refractivity contribution is 7.80. The molecule has 23 heavy (non-hydrogen) atoms. The van der Waals surface area contributed by atoms with Crippen molar-refractivity contribution in [1.82, 2.24) is 10.2 Å². The number of fused-ring (bicyclic) bond motifs is 2. The zero-order valence-corrected chi connectivity index (χ0v) is 15.0. The van der Waals surface area contributed by atoms with Gasteiger partial charge in [0.15, 0.2) is 16.6 Å². The van der Waals surface area contributed by atoms with Crippen LogP contribution >= 0.6 is 12.2 Å². The van der Waals surface area contributed by atoms with Crippen molar-refractivity contribution in [3.63, 3.8) is 0 Å². The Balaban J connectivity index is 1.58. The molecule has 0 heterocycles. The fourth-order valence-electron chi connectivity index (χ4n) is 4.01. The van der Waals surface area contributed by atoms with Crippen LogP contribution in [0.4, 0.5) is 0 Å². The highest BCUT2D eigenvalue weighted by atomic mass is 32.1. The maximum absolute atomic E-state index is 5.60. The third-order valence-corrected chi connectivity index (χ3v) is 5.69. The summed E-state index contributed by atoms with van der Waals surface area (Å²) in [5.41, 5.74) is 1.15. The van der Waals surface area contributed by atoms with E-state index in [1.165, 1.54) is 25.7 Å². The molecule has 3 unspecified atom stereocenters. The van der Waals surface area contributed by atoms with Crippen LogP contribution in [-0.4, -0.2) is 37.3 Å². The Morgan fingerprint density at radius 2 is 2.00 bits per heavy atom. The van der Waals surface area contributed by atoms with Crippen LogP contribution < -0.4 is 14.8 Å². The minimum Gasteiger partial charge on any atom is -0.493 e. The second-order valence-corrected chi connectivity index (χ2v) is 7.16. The summed E-state index contributed by atoms with van der Waals surface area (Å²) in [6.45, 7) is 0.757. The van der Waals surface area contributed by atoms with E-state index in [1.807, 2.05) is 19.2 Å². The molecule has 2 aliphatic carbocycles. The predicted molar refractivity (Wildman–Crippen MR) is 96.0 cm³/mol. The number of methoxy groups -OCH3 is 2. The Bertz CT molecular complexity index is 578. The van der Waals surface area contributed by atoms with Crippen LogP contribution in [0.3, 0.4) is 0 Å². The van der Waals surface area contributed by atoms with Gasteiger partial charge in [-0.05, 0) is 61.0 Å². The molecule has 0 spiro atoms. The quantitative estimate of drug-likeness (QED) is 0.837. The molecule has 1 N–H and O–H groups in total. The summed E-state index contributed by atoms with van der Waals surface area (Å²) in [4.78, 5) is 2.10. The Hall–Kier alpha value is -1.49.